The third-order valence-electron chi connectivity index (χ3n) is 15.1. The zero-order valence-electron chi connectivity index (χ0n) is 53.1. The topological polar surface area (TPSA) is 78.9 Å². The SMILES string of the molecule is CC/C=C\C/C=C\C/C=C\C/C=C\C/C=C\CCCC(=O)OC(COC(=O)CCCCCCCCC/C=C\C/C=C\CCCCC)COC(=O)CCCCCCCCCCCCCCCCCCCCCCCCCCCCCC. The number of hydrogen-bond donors (Lipinski definition) is 0. The van der Waals surface area contributed by atoms with Crippen LogP contribution in [0.5, 0.6) is 0 Å². The van der Waals surface area contributed by atoms with E-state index in [1.807, 2.05) is 0 Å². The van der Waals surface area contributed by atoms with Crippen molar-refractivity contribution in [2.24, 2.45) is 0 Å². The van der Waals surface area contributed by atoms with Gasteiger partial charge in [-0.15, -0.1) is 0 Å². The molecule has 0 N–H and O–H groups in total. The summed E-state index contributed by atoms with van der Waals surface area (Å²) in [7, 11) is 0. The molecule has 6 heteroatoms. The van der Waals surface area contributed by atoms with Gasteiger partial charge < -0.3 is 14.2 Å². The average molecular weight is 1120 g/mol. The Balaban J connectivity index is 4.31. The summed E-state index contributed by atoms with van der Waals surface area (Å²) in [6, 6.07) is 0. The molecule has 0 aliphatic rings. The lowest BCUT2D eigenvalue weighted by Gasteiger charge is -2.18. The molecule has 0 aliphatic carbocycles. The highest BCUT2D eigenvalue weighted by molar-refractivity contribution is 5.71. The molecule has 0 aromatic carbocycles. The van der Waals surface area contributed by atoms with E-state index < -0.39 is 6.10 Å². The summed E-state index contributed by atoms with van der Waals surface area (Å²) in [6.45, 7) is 6.50. The van der Waals surface area contributed by atoms with E-state index in [2.05, 4.69) is 106 Å². The van der Waals surface area contributed by atoms with E-state index in [-0.39, 0.29) is 37.5 Å². The molecule has 0 saturated heterocycles. The molecule has 0 spiro atoms. The molecule has 462 valence electrons. The predicted octanol–water partition coefficient (Wildman–Crippen LogP) is 23.8. The lowest BCUT2D eigenvalue weighted by Crippen LogP contribution is -2.30. The van der Waals surface area contributed by atoms with E-state index in [0.717, 1.165) is 89.9 Å². The number of carbonyl (C=O) groups excluding carboxylic acids is 3. The Morgan fingerprint density at radius 2 is 0.500 bits per heavy atom. The van der Waals surface area contributed by atoms with E-state index in [0.29, 0.717) is 19.3 Å². The molecule has 0 aromatic heterocycles. The van der Waals surface area contributed by atoms with Crippen LogP contribution >= 0.6 is 0 Å². The smallest absolute Gasteiger partial charge is 0.306 e. The molecule has 0 rings (SSSR count). The van der Waals surface area contributed by atoms with Gasteiger partial charge in [-0.3, -0.25) is 14.4 Å². The maximum Gasteiger partial charge on any atom is 0.306 e. The van der Waals surface area contributed by atoms with Crippen LogP contribution in [0.3, 0.4) is 0 Å². The van der Waals surface area contributed by atoms with Crippen LogP contribution in [0.4, 0.5) is 0 Å². The van der Waals surface area contributed by atoms with Crippen LogP contribution in [0, 0.1) is 0 Å². The minimum Gasteiger partial charge on any atom is -0.462 e. The lowest BCUT2D eigenvalue weighted by molar-refractivity contribution is -0.167. The molecule has 0 aliphatic heterocycles. The average Bonchev–Trinajstić information content (AvgIpc) is 3.46. The molecule has 6 nitrogen and oxygen atoms in total. The van der Waals surface area contributed by atoms with Gasteiger partial charge in [-0.2, -0.15) is 0 Å². The number of hydrogen-bond acceptors (Lipinski definition) is 6. The maximum absolute atomic E-state index is 12.9. The fourth-order valence-electron chi connectivity index (χ4n) is 9.98. The van der Waals surface area contributed by atoms with Crippen molar-refractivity contribution in [2.75, 3.05) is 13.2 Å². The van der Waals surface area contributed by atoms with Gasteiger partial charge in [0, 0.05) is 19.3 Å². The molecule has 1 unspecified atom stereocenters. The number of rotatable bonds is 63. The van der Waals surface area contributed by atoms with E-state index >= 15 is 0 Å². The molecule has 1 atom stereocenters. The fraction of sp³-hybridized carbons (Fsp3) is 0.770. The van der Waals surface area contributed by atoms with Gasteiger partial charge in [-0.05, 0) is 89.9 Å². The van der Waals surface area contributed by atoms with Gasteiger partial charge in [-0.1, -0.05) is 324 Å². The third-order valence-corrected chi connectivity index (χ3v) is 15.1. The third kappa shape index (κ3) is 65.4. The van der Waals surface area contributed by atoms with E-state index in [1.54, 1.807) is 0 Å². The van der Waals surface area contributed by atoms with Crippen molar-refractivity contribution < 1.29 is 28.6 Å². The Bertz CT molecular complexity index is 1520. The normalized spacial score (nSPS) is 12.6. The Morgan fingerprint density at radius 3 is 0.825 bits per heavy atom. The van der Waals surface area contributed by atoms with Crippen molar-refractivity contribution in [1.29, 1.82) is 0 Å². The van der Waals surface area contributed by atoms with Gasteiger partial charge in [0.1, 0.15) is 13.2 Å². The first-order valence-corrected chi connectivity index (χ1v) is 34.6. The largest absolute Gasteiger partial charge is 0.462 e. The summed E-state index contributed by atoms with van der Waals surface area (Å²) in [5.74, 6) is -0.950. The van der Waals surface area contributed by atoms with Crippen LogP contribution in [-0.2, 0) is 28.6 Å². The summed E-state index contributed by atoms with van der Waals surface area (Å²) < 4.78 is 16.9. The van der Waals surface area contributed by atoms with Crippen LogP contribution in [-0.4, -0.2) is 37.2 Å². The van der Waals surface area contributed by atoms with Crippen molar-refractivity contribution >= 4 is 17.9 Å². The number of ether oxygens (including phenoxy) is 3. The number of unbranched alkanes of at least 4 members (excludes halogenated alkanes) is 38. The van der Waals surface area contributed by atoms with Gasteiger partial charge >= 0.3 is 17.9 Å². The Kier molecular flexibility index (Phi) is 65.2. The van der Waals surface area contributed by atoms with Crippen molar-refractivity contribution in [2.45, 2.75) is 354 Å². The minimum absolute atomic E-state index is 0.0991. The first-order chi connectivity index (χ1) is 39.5. The predicted molar refractivity (Wildman–Crippen MR) is 348 cm³/mol. The van der Waals surface area contributed by atoms with Crippen molar-refractivity contribution in [3.63, 3.8) is 0 Å². The van der Waals surface area contributed by atoms with Gasteiger partial charge in [0.15, 0.2) is 6.10 Å². The Hall–Kier alpha value is -3.41. The van der Waals surface area contributed by atoms with Gasteiger partial charge in [-0.25, -0.2) is 0 Å². The van der Waals surface area contributed by atoms with Crippen molar-refractivity contribution in [3.8, 4) is 0 Å². The van der Waals surface area contributed by atoms with Crippen LogP contribution in [0.15, 0.2) is 85.1 Å². The van der Waals surface area contributed by atoms with Crippen molar-refractivity contribution in [1.82, 2.24) is 0 Å². The van der Waals surface area contributed by atoms with E-state index in [9.17, 15) is 14.4 Å². The summed E-state index contributed by atoms with van der Waals surface area (Å²) >= 11 is 0. The van der Waals surface area contributed by atoms with Gasteiger partial charge in [0.25, 0.3) is 0 Å². The second-order valence-corrected chi connectivity index (χ2v) is 23.1. The highest BCUT2D eigenvalue weighted by Crippen LogP contribution is 2.18. The van der Waals surface area contributed by atoms with Gasteiger partial charge in [0.2, 0.25) is 0 Å². The quantitative estimate of drug-likeness (QED) is 0.0261. The minimum atomic E-state index is -0.811. The van der Waals surface area contributed by atoms with Crippen LogP contribution in [0.2, 0.25) is 0 Å². The first-order valence-electron chi connectivity index (χ1n) is 34.6. The number of carbonyl (C=O) groups is 3. The molecular formula is C74H130O6. The molecule has 0 amide bonds. The molecule has 0 aromatic rings. The second kappa shape index (κ2) is 68.1. The summed E-state index contributed by atoms with van der Waals surface area (Å²) in [5, 5.41) is 0. The van der Waals surface area contributed by atoms with Gasteiger partial charge in [0.05, 0.1) is 0 Å². The van der Waals surface area contributed by atoms with Crippen LogP contribution in [0.1, 0.15) is 348 Å². The Labute approximate surface area is 496 Å². The van der Waals surface area contributed by atoms with Crippen LogP contribution in [0.25, 0.3) is 0 Å². The zero-order chi connectivity index (χ0) is 57.8. The molecule has 0 heterocycles. The summed E-state index contributed by atoms with van der Waals surface area (Å²) in [4.78, 5) is 38.4. The fourth-order valence-corrected chi connectivity index (χ4v) is 9.98. The Morgan fingerprint density at radius 1 is 0.263 bits per heavy atom. The maximum atomic E-state index is 12.9. The second-order valence-electron chi connectivity index (χ2n) is 23.1. The van der Waals surface area contributed by atoms with Crippen LogP contribution < -0.4 is 0 Å². The summed E-state index contributed by atoms with van der Waals surface area (Å²) in [5.41, 5.74) is 0. The summed E-state index contributed by atoms with van der Waals surface area (Å²) in [6.07, 6.45) is 90.5. The molecule has 0 radical (unpaired) electrons. The molecule has 0 saturated carbocycles. The zero-order valence-corrected chi connectivity index (χ0v) is 53.1. The lowest BCUT2D eigenvalue weighted by atomic mass is 10.0. The molecule has 0 fully saturated rings. The standard InChI is InChI=1S/C74H130O6/c1-4-7-10-13-16-19-22-25-28-31-32-33-34-35-36-37-38-39-40-41-44-46-49-52-55-58-61-64-67-73(76)79-70-71(80-74(77)68-65-62-59-56-53-50-47-43-30-27-24-21-18-15-12-9-6-3)69-78-72(75)66-63-60-57-54-51-48-45-42-29-26-23-20-17-14-11-8-5-2/h9,12,17-18,20-21,26-27,29-30,47,50,56,59,71H,4-8,10-11,13-16,19,22-25,28,31-46,48-49,51-55,57-58,60-70H2,1-3H3/b12-9-,20-17-,21-18-,29-26-,30-27-,50-47-,59-56-. The molecular weight excluding hydrogens is 985 g/mol. The monoisotopic (exact) mass is 1110 g/mol. The van der Waals surface area contributed by atoms with Crippen molar-refractivity contribution in [3.05, 3.63) is 85.1 Å². The van der Waals surface area contributed by atoms with E-state index in [4.69, 9.17) is 14.2 Å². The number of esters is 3. The highest BCUT2D eigenvalue weighted by Gasteiger charge is 2.19. The molecule has 80 heavy (non-hydrogen) atoms. The highest BCUT2D eigenvalue weighted by atomic mass is 16.6. The van der Waals surface area contributed by atoms with E-state index in [1.165, 1.54) is 212 Å². The first kappa shape index (κ1) is 76.6. The number of allylic oxidation sites excluding steroid dienone is 14. The molecule has 0 bridgehead atoms.